The Morgan fingerprint density at radius 2 is 1.54 bits per heavy atom. The van der Waals surface area contributed by atoms with Gasteiger partial charge < -0.3 is 14.8 Å². The number of thiophene rings is 1. The summed E-state index contributed by atoms with van der Waals surface area (Å²) >= 11 is 1.55. The third-order valence-electron chi connectivity index (χ3n) is 4.66. The second kappa shape index (κ2) is 9.42. The largest absolute Gasteiger partial charge is 0.497 e. The number of hydrogen-bond acceptors (Lipinski definition) is 4. The maximum atomic E-state index is 12.8. The summed E-state index contributed by atoms with van der Waals surface area (Å²) in [5.41, 5.74) is 2.17. The van der Waals surface area contributed by atoms with Crippen molar-refractivity contribution in [1.29, 1.82) is 0 Å². The minimum absolute atomic E-state index is 0.0426. The summed E-state index contributed by atoms with van der Waals surface area (Å²) in [5.74, 6) is 1.57. The van der Waals surface area contributed by atoms with Crippen LogP contribution in [0.25, 0.3) is 0 Å². The molecule has 1 unspecified atom stereocenters. The van der Waals surface area contributed by atoms with E-state index in [0.717, 1.165) is 33.9 Å². The van der Waals surface area contributed by atoms with Gasteiger partial charge in [0.15, 0.2) is 0 Å². The first-order valence-electron chi connectivity index (χ1n) is 9.29. The van der Waals surface area contributed by atoms with Gasteiger partial charge in [-0.25, -0.2) is 0 Å². The third-order valence-corrected chi connectivity index (χ3v) is 5.88. The predicted molar refractivity (Wildman–Crippen MR) is 114 cm³/mol. The molecule has 28 heavy (non-hydrogen) atoms. The maximum Gasteiger partial charge on any atom is 0.261 e. The van der Waals surface area contributed by atoms with E-state index in [2.05, 4.69) is 12.2 Å². The molecule has 4 nitrogen and oxygen atoms in total. The van der Waals surface area contributed by atoms with Crippen LogP contribution in [0.5, 0.6) is 11.5 Å². The van der Waals surface area contributed by atoms with E-state index in [0.29, 0.717) is 6.42 Å². The molecule has 1 amide bonds. The minimum Gasteiger partial charge on any atom is -0.497 e. The molecular weight excluding hydrogens is 370 g/mol. The van der Waals surface area contributed by atoms with E-state index in [1.54, 1.807) is 25.6 Å². The van der Waals surface area contributed by atoms with Crippen LogP contribution < -0.4 is 14.8 Å². The number of amides is 1. The second-order valence-electron chi connectivity index (χ2n) is 6.47. The highest BCUT2D eigenvalue weighted by atomic mass is 32.1. The van der Waals surface area contributed by atoms with Gasteiger partial charge in [-0.2, -0.15) is 0 Å². The number of benzene rings is 2. The van der Waals surface area contributed by atoms with Crippen molar-refractivity contribution in [1.82, 2.24) is 5.32 Å². The van der Waals surface area contributed by atoms with Crippen molar-refractivity contribution in [3.63, 3.8) is 0 Å². The van der Waals surface area contributed by atoms with Crippen LogP contribution in [-0.4, -0.2) is 20.1 Å². The Kier molecular flexibility index (Phi) is 6.71. The lowest BCUT2D eigenvalue weighted by atomic mass is 9.98. The molecule has 1 heterocycles. The summed E-state index contributed by atoms with van der Waals surface area (Å²) in [5, 5.41) is 3.20. The fourth-order valence-electron chi connectivity index (χ4n) is 3.01. The Bertz CT molecular complexity index is 900. The highest BCUT2D eigenvalue weighted by molar-refractivity contribution is 7.14. The molecule has 3 aromatic rings. The summed E-state index contributed by atoms with van der Waals surface area (Å²) in [6.07, 6.45) is 1.62. The highest BCUT2D eigenvalue weighted by Gasteiger charge is 2.18. The first-order chi connectivity index (χ1) is 13.6. The molecule has 0 fully saturated rings. The topological polar surface area (TPSA) is 47.6 Å². The molecule has 3 rings (SSSR count). The van der Waals surface area contributed by atoms with Crippen LogP contribution in [0.4, 0.5) is 0 Å². The maximum absolute atomic E-state index is 12.8. The minimum atomic E-state index is -0.140. The van der Waals surface area contributed by atoms with Crippen LogP contribution in [0.1, 0.15) is 38.6 Å². The lowest BCUT2D eigenvalue weighted by molar-refractivity contribution is 0.0940. The van der Waals surface area contributed by atoms with Crippen molar-refractivity contribution in [2.24, 2.45) is 0 Å². The average molecular weight is 396 g/mol. The Morgan fingerprint density at radius 3 is 2.07 bits per heavy atom. The average Bonchev–Trinajstić information content (AvgIpc) is 3.23. The van der Waals surface area contributed by atoms with Gasteiger partial charge >= 0.3 is 0 Å². The van der Waals surface area contributed by atoms with Crippen molar-refractivity contribution in [3.8, 4) is 11.5 Å². The van der Waals surface area contributed by atoms with Crippen LogP contribution in [0.2, 0.25) is 0 Å². The van der Waals surface area contributed by atoms with Gasteiger partial charge in [0.1, 0.15) is 11.5 Å². The quantitative estimate of drug-likeness (QED) is 0.581. The van der Waals surface area contributed by atoms with Crippen molar-refractivity contribution >= 4 is 17.2 Å². The van der Waals surface area contributed by atoms with Crippen LogP contribution in [-0.2, 0) is 12.8 Å². The van der Waals surface area contributed by atoms with Gasteiger partial charge in [0.2, 0.25) is 0 Å². The zero-order chi connectivity index (χ0) is 19.9. The van der Waals surface area contributed by atoms with Crippen molar-refractivity contribution < 1.29 is 14.3 Å². The normalized spacial score (nSPS) is 11.7. The number of carbonyl (C=O) groups excluding carboxylic acids is 1. The Balaban J connectivity index is 1.82. The summed E-state index contributed by atoms with van der Waals surface area (Å²) in [4.78, 5) is 14.8. The SMILES string of the molecule is CCc1ccc(C(=O)NC(Cc2ccc(OC)cc2)c2ccc(OC)cc2)s1. The van der Waals surface area contributed by atoms with E-state index >= 15 is 0 Å². The monoisotopic (exact) mass is 395 g/mol. The molecule has 0 saturated heterocycles. The summed E-state index contributed by atoms with van der Waals surface area (Å²) < 4.78 is 10.5. The lowest BCUT2D eigenvalue weighted by Crippen LogP contribution is -2.29. The van der Waals surface area contributed by atoms with Gasteiger partial charge in [0, 0.05) is 4.88 Å². The molecule has 0 aliphatic carbocycles. The predicted octanol–water partition coefficient (Wildman–Crippen LogP) is 5.04. The first kappa shape index (κ1) is 20.0. The summed E-state index contributed by atoms with van der Waals surface area (Å²) in [6, 6.07) is 19.6. The first-order valence-corrected chi connectivity index (χ1v) is 10.1. The van der Waals surface area contributed by atoms with E-state index < -0.39 is 0 Å². The van der Waals surface area contributed by atoms with Crippen LogP contribution in [0.15, 0.2) is 60.7 Å². The van der Waals surface area contributed by atoms with E-state index in [1.807, 2.05) is 60.7 Å². The molecule has 1 atom stereocenters. The van der Waals surface area contributed by atoms with Gasteiger partial charge in [-0.3, -0.25) is 4.79 Å². The van der Waals surface area contributed by atoms with Crippen molar-refractivity contribution in [2.75, 3.05) is 14.2 Å². The van der Waals surface area contributed by atoms with Crippen LogP contribution >= 0.6 is 11.3 Å². The Hall–Kier alpha value is -2.79. The zero-order valence-electron chi connectivity index (χ0n) is 16.4. The number of nitrogens with one attached hydrogen (secondary N) is 1. The van der Waals surface area contributed by atoms with E-state index in [1.165, 1.54) is 4.88 Å². The van der Waals surface area contributed by atoms with Crippen molar-refractivity contribution in [2.45, 2.75) is 25.8 Å². The fraction of sp³-hybridized carbons (Fsp3) is 0.261. The number of methoxy groups -OCH3 is 2. The van der Waals surface area contributed by atoms with E-state index in [4.69, 9.17) is 9.47 Å². The standard InChI is InChI=1S/C23H25NO3S/c1-4-20-13-14-22(28-20)23(25)24-21(17-7-11-19(27-3)12-8-17)15-16-5-9-18(26-2)10-6-16/h5-14,21H,4,15H2,1-3H3,(H,24,25). The summed E-state index contributed by atoms with van der Waals surface area (Å²) in [7, 11) is 3.30. The molecule has 1 aromatic heterocycles. The van der Waals surface area contributed by atoms with Gasteiger partial charge in [0.05, 0.1) is 25.1 Å². The third kappa shape index (κ3) is 4.93. The van der Waals surface area contributed by atoms with E-state index in [9.17, 15) is 4.79 Å². The molecule has 146 valence electrons. The Labute approximate surface area is 170 Å². The lowest BCUT2D eigenvalue weighted by Gasteiger charge is -2.20. The molecule has 0 bridgehead atoms. The highest BCUT2D eigenvalue weighted by Crippen LogP contribution is 2.24. The summed E-state index contributed by atoms with van der Waals surface area (Å²) in [6.45, 7) is 2.09. The molecule has 1 N–H and O–H groups in total. The van der Waals surface area contributed by atoms with Crippen LogP contribution in [0, 0.1) is 0 Å². The number of aryl methyl sites for hydroxylation is 1. The molecule has 0 saturated carbocycles. The number of carbonyl (C=O) groups is 1. The number of ether oxygens (including phenoxy) is 2. The molecular formula is C23H25NO3S. The van der Waals surface area contributed by atoms with E-state index in [-0.39, 0.29) is 11.9 Å². The molecule has 0 radical (unpaired) electrons. The van der Waals surface area contributed by atoms with Gasteiger partial charge in [-0.05, 0) is 60.4 Å². The molecule has 0 aliphatic heterocycles. The number of rotatable bonds is 8. The fourth-order valence-corrected chi connectivity index (χ4v) is 3.86. The van der Waals surface area contributed by atoms with Gasteiger partial charge in [0.25, 0.3) is 5.91 Å². The molecule has 2 aromatic carbocycles. The van der Waals surface area contributed by atoms with Gasteiger partial charge in [-0.15, -0.1) is 11.3 Å². The van der Waals surface area contributed by atoms with Crippen LogP contribution in [0.3, 0.4) is 0 Å². The van der Waals surface area contributed by atoms with Crippen molar-refractivity contribution in [3.05, 3.63) is 81.5 Å². The molecule has 0 spiro atoms. The molecule has 5 heteroatoms. The Morgan fingerprint density at radius 1 is 0.929 bits per heavy atom. The smallest absolute Gasteiger partial charge is 0.261 e. The van der Waals surface area contributed by atoms with Gasteiger partial charge in [-0.1, -0.05) is 31.2 Å². The molecule has 0 aliphatic rings. The second-order valence-corrected chi connectivity index (χ2v) is 7.64. The zero-order valence-corrected chi connectivity index (χ0v) is 17.2. The number of hydrogen-bond donors (Lipinski definition) is 1.